The molecule has 3 aromatic rings. The molecular weight excluding hydrogens is 454 g/mol. The van der Waals surface area contributed by atoms with Crippen molar-refractivity contribution < 1.29 is 17.9 Å². The second-order valence-corrected chi connectivity index (χ2v) is 9.64. The summed E-state index contributed by atoms with van der Waals surface area (Å²) in [5, 5.41) is 3.20. The summed E-state index contributed by atoms with van der Waals surface area (Å²) < 4.78 is 39.2. The average molecular weight is 484 g/mol. The van der Waals surface area contributed by atoms with Crippen LogP contribution in [0.1, 0.15) is 18.2 Å². The fourth-order valence-corrected chi connectivity index (χ4v) is 4.78. The van der Waals surface area contributed by atoms with Gasteiger partial charge in [0.15, 0.2) is 0 Å². The third kappa shape index (κ3) is 5.75. The Hall–Kier alpha value is -3.37. The molecule has 2 N–H and O–H groups in total. The topological polar surface area (TPSA) is 106 Å². The number of anilines is 4. The SMILES string of the molecule is CCOc1ccc(S(=O)(=O)Nc2ccc(Nc3nc(C)cc(N4CCOCC4)n3)cc2)cc1C. The van der Waals surface area contributed by atoms with Crippen LogP contribution >= 0.6 is 0 Å². The monoisotopic (exact) mass is 483 g/mol. The zero-order valence-corrected chi connectivity index (χ0v) is 20.4. The third-order valence-corrected chi connectivity index (χ3v) is 6.70. The number of ether oxygens (including phenoxy) is 2. The van der Waals surface area contributed by atoms with Crippen LogP contribution in [0.25, 0.3) is 0 Å². The van der Waals surface area contributed by atoms with Crippen LogP contribution in [0.4, 0.5) is 23.1 Å². The Bertz CT molecular complexity index is 1240. The van der Waals surface area contributed by atoms with Crippen LogP contribution in [0.15, 0.2) is 53.4 Å². The first-order chi connectivity index (χ1) is 16.3. The van der Waals surface area contributed by atoms with Crippen LogP contribution in [0, 0.1) is 13.8 Å². The molecule has 1 fully saturated rings. The molecule has 0 atom stereocenters. The average Bonchev–Trinajstić information content (AvgIpc) is 2.82. The van der Waals surface area contributed by atoms with Gasteiger partial charge in [0.2, 0.25) is 5.95 Å². The Labute approximate surface area is 200 Å². The zero-order valence-electron chi connectivity index (χ0n) is 19.5. The van der Waals surface area contributed by atoms with E-state index >= 15 is 0 Å². The van der Waals surface area contributed by atoms with Crippen LogP contribution in [-0.4, -0.2) is 51.3 Å². The second kappa shape index (κ2) is 10.3. The molecule has 2 heterocycles. The molecule has 0 unspecified atom stereocenters. The van der Waals surface area contributed by atoms with E-state index in [1.165, 1.54) is 6.07 Å². The van der Waals surface area contributed by atoms with Gasteiger partial charge in [0.25, 0.3) is 10.0 Å². The lowest BCUT2D eigenvalue weighted by Crippen LogP contribution is -2.36. The molecule has 1 saturated heterocycles. The number of hydrogen-bond acceptors (Lipinski definition) is 8. The first-order valence-electron chi connectivity index (χ1n) is 11.2. The summed E-state index contributed by atoms with van der Waals surface area (Å²) in [6.07, 6.45) is 0. The Balaban J connectivity index is 1.45. The third-order valence-electron chi connectivity index (χ3n) is 5.33. The lowest BCUT2D eigenvalue weighted by atomic mass is 10.2. The highest BCUT2D eigenvalue weighted by molar-refractivity contribution is 7.92. The maximum Gasteiger partial charge on any atom is 0.261 e. The van der Waals surface area contributed by atoms with Crippen molar-refractivity contribution in [3.05, 3.63) is 59.8 Å². The van der Waals surface area contributed by atoms with E-state index in [2.05, 4.69) is 24.9 Å². The molecular formula is C24H29N5O4S. The molecule has 0 radical (unpaired) electrons. The van der Waals surface area contributed by atoms with Crippen molar-refractivity contribution >= 4 is 33.2 Å². The number of rotatable bonds is 8. The van der Waals surface area contributed by atoms with Crippen LogP contribution in [0.5, 0.6) is 5.75 Å². The van der Waals surface area contributed by atoms with E-state index in [1.54, 1.807) is 36.4 Å². The highest BCUT2D eigenvalue weighted by Crippen LogP contribution is 2.25. The molecule has 180 valence electrons. The minimum Gasteiger partial charge on any atom is -0.494 e. The largest absolute Gasteiger partial charge is 0.494 e. The molecule has 0 spiro atoms. The smallest absolute Gasteiger partial charge is 0.261 e. The summed E-state index contributed by atoms with van der Waals surface area (Å²) in [7, 11) is -3.73. The minimum atomic E-state index is -3.73. The number of hydrogen-bond donors (Lipinski definition) is 2. The number of morpholine rings is 1. The van der Waals surface area contributed by atoms with Gasteiger partial charge >= 0.3 is 0 Å². The molecule has 1 aromatic heterocycles. The van der Waals surface area contributed by atoms with Crippen LogP contribution in [-0.2, 0) is 14.8 Å². The molecule has 0 amide bonds. The molecule has 2 aromatic carbocycles. The van der Waals surface area contributed by atoms with E-state index in [0.717, 1.165) is 35.9 Å². The molecule has 10 heteroatoms. The molecule has 0 saturated carbocycles. The van der Waals surface area contributed by atoms with Crippen molar-refractivity contribution in [1.82, 2.24) is 9.97 Å². The van der Waals surface area contributed by atoms with Gasteiger partial charge in [-0.15, -0.1) is 0 Å². The molecule has 1 aliphatic heterocycles. The fraction of sp³-hybridized carbons (Fsp3) is 0.333. The lowest BCUT2D eigenvalue weighted by molar-refractivity contribution is 0.122. The molecule has 34 heavy (non-hydrogen) atoms. The van der Waals surface area contributed by atoms with E-state index in [9.17, 15) is 8.42 Å². The van der Waals surface area contributed by atoms with Crippen LogP contribution < -0.4 is 19.7 Å². The first-order valence-corrected chi connectivity index (χ1v) is 12.6. The van der Waals surface area contributed by atoms with Crippen molar-refractivity contribution in [3.63, 3.8) is 0 Å². The van der Waals surface area contributed by atoms with E-state index in [-0.39, 0.29) is 4.90 Å². The van der Waals surface area contributed by atoms with Gasteiger partial charge in [-0.2, -0.15) is 4.98 Å². The Morgan fingerprint density at radius 2 is 1.71 bits per heavy atom. The fourth-order valence-electron chi connectivity index (χ4n) is 3.63. The summed E-state index contributed by atoms with van der Waals surface area (Å²) in [5.41, 5.74) is 2.82. The van der Waals surface area contributed by atoms with Gasteiger partial charge in [0.1, 0.15) is 11.6 Å². The van der Waals surface area contributed by atoms with Gasteiger partial charge in [0.05, 0.1) is 24.7 Å². The Morgan fingerprint density at radius 1 is 1.00 bits per heavy atom. The summed E-state index contributed by atoms with van der Waals surface area (Å²) in [6.45, 7) is 9.10. The van der Waals surface area contributed by atoms with Crippen molar-refractivity contribution in [1.29, 1.82) is 0 Å². The quantitative estimate of drug-likeness (QED) is 0.497. The summed E-state index contributed by atoms with van der Waals surface area (Å²) in [4.78, 5) is 11.5. The minimum absolute atomic E-state index is 0.180. The molecule has 1 aliphatic rings. The maximum atomic E-state index is 12.8. The Kier molecular flexibility index (Phi) is 7.18. The summed E-state index contributed by atoms with van der Waals surface area (Å²) in [6, 6.07) is 13.7. The summed E-state index contributed by atoms with van der Waals surface area (Å²) in [5.74, 6) is 2.01. The second-order valence-electron chi connectivity index (χ2n) is 7.96. The van der Waals surface area contributed by atoms with Gasteiger partial charge in [-0.3, -0.25) is 4.72 Å². The van der Waals surface area contributed by atoms with Crippen molar-refractivity contribution in [2.45, 2.75) is 25.7 Å². The lowest BCUT2D eigenvalue weighted by Gasteiger charge is -2.28. The number of nitrogens with zero attached hydrogens (tertiary/aromatic N) is 3. The van der Waals surface area contributed by atoms with Crippen molar-refractivity contribution in [3.8, 4) is 5.75 Å². The van der Waals surface area contributed by atoms with Gasteiger partial charge in [-0.05, 0) is 68.8 Å². The van der Waals surface area contributed by atoms with E-state index in [1.807, 2.05) is 26.8 Å². The number of aryl methyl sites for hydroxylation is 2. The summed E-state index contributed by atoms with van der Waals surface area (Å²) >= 11 is 0. The highest BCUT2D eigenvalue weighted by Gasteiger charge is 2.17. The van der Waals surface area contributed by atoms with Crippen LogP contribution in [0.3, 0.4) is 0 Å². The predicted octanol–water partition coefficient (Wildman–Crippen LogP) is 3.87. The van der Waals surface area contributed by atoms with E-state index in [0.29, 0.717) is 37.2 Å². The normalized spacial score (nSPS) is 14.0. The number of sulfonamides is 1. The van der Waals surface area contributed by atoms with Crippen molar-refractivity contribution in [2.24, 2.45) is 0 Å². The van der Waals surface area contributed by atoms with E-state index < -0.39 is 10.0 Å². The Morgan fingerprint density at radius 3 is 2.38 bits per heavy atom. The predicted molar refractivity (Wildman–Crippen MR) is 133 cm³/mol. The molecule has 0 bridgehead atoms. The van der Waals surface area contributed by atoms with Crippen molar-refractivity contribution in [2.75, 3.05) is 47.8 Å². The highest BCUT2D eigenvalue weighted by atomic mass is 32.2. The maximum absolute atomic E-state index is 12.8. The standard InChI is InChI=1S/C24H29N5O4S/c1-4-33-22-10-9-21(15-17(22)2)34(30,31)28-20-7-5-19(6-8-20)26-24-25-18(3)16-23(27-24)29-11-13-32-14-12-29/h5-10,15-16,28H,4,11-14H2,1-3H3,(H,25,26,27). The molecule has 4 rings (SSSR count). The van der Waals surface area contributed by atoms with E-state index in [4.69, 9.17) is 9.47 Å². The van der Waals surface area contributed by atoms with Crippen LogP contribution in [0.2, 0.25) is 0 Å². The zero-order chi connectivity index (χ0) is 24.1. The van der Waals surface area contributed by atoms with Gasteiger partial charge < -0.3 is 19.7 Å². The molecule has 0 aliphatic carbocycles. The van der Waals surface area contributed by atoms with Gasteiger partial charge in [-0.25, -0.2) is 13.4 Å². The first kappa shape index (κ1) is 23.8. The van der Waals surface area contributed by atoms with Gasteiger partial charge in [-0.1, -0.05) is 0 Å². The van der Waals surface area contributed by atoms with Gasteiger partial charge in [0, 0.05) is 36.2 Å². The molecule has 9 nitrogen and oxygen atoms in total. The number of benzene rings is 2. The number of nitrogens with one attached hydrogen (secondary N) is 2. The number of aromatic nitrogens is 2.